The van der Waals surface area contributed by atoms with E-state index in [0.29, 0.717) is 0 Å². The van der Waals surface area contributed by atoms with Gasteiger partial charge in [0.15, 0.2) is 0 Å². The summed E-state index contributed by atoms with van der Waals surface area (Å²) in [7, 11) is 0. The molecule has 0 bridgehead atoms. The smallest absolute Gasteiger partial charge is 0.235 e. The lowest BCUT2D eigenvalue weighted by Crippen LogP contribution is -2.54. The van der Waals surface area contributed by atoms with Crippen molar-refractivity contribution in [2.24, 2.45) is 0 Å². The number of thioether (sulfide) groups is 1. The number of hydrogen-bond acceptors (Lipinski definition) is 4. The molecule has 0 aliphatic carbocycles. The number of aryl methyl sites for hydroxylation is 1. The first-order valence-electron chi connectivity index (χ1n) is 7.96. The van der Waals surface area contributed by atoms with Crippen LogP contribution in [0.1, 0.15) is 19.4 Å². The molecule has 2 amide bonds. The molecule has 1 unspecified atom stereocenters. The van der Waals surface area contributed by atoms with E-state index in [2.05, 4.69) is 10.6 Å². The number of amides is 2. The van der Waals surface area contributed by atoms with E-state index >= 15 is 0 Å². The number of carbonyl (C=O) groups is 2. The largest absolute Gasteiger partial charge is 0.336 e. The van der Waals surface area contributed by atoms with E-state index in [1.807, 2.05) is 49.9 Å². The number of hydrogen-bond donors (Lipinski definition) is 2. The van der Waals surface area contributed by atoms with E-state index < -0.39 is 0 Å². The molecule has 1 aliphatic rings. The van der Waals surface area contributed by atoms with Gasteiger partial charge in [0.2, 0.25) is 11.8 Å². The molecule has 0 aromatic heterocycles. The lowest BCUT2D eigenvalue weighted by Gasteiger charge is -2.35. The Labute approximate surface area is 142 Å². The third-order valence-corrected chi connectivity index (χ3v) is 5.06. The molecular formula is C17H25N3O2S. The van der Waals surface area contributed by atoms with Crippen molar-refractivity contribution in [3.05, 3.63) is 29.8 Å². The Bertz CT molecular complexity index is 547. The summed E-state index contributed by atoms with van der Waals surface area (Å²) in [5.74, 6) is 0.320. The van der Waals surface area contributed by atoms with Crippen molar-refractivity contribution in [2.75, 3.05) is 30.7 Å². The second-order valence-corrected chi connectivity index (χ2v) is 7.28. The minimum Gasteiger partial charge on any atom is -0.336 e. The minimum absolute atomic E-state index is 0.0770. The molecule has 0 spiro atoms. The summed E-state index contributed by atoms with van der Waals surface area (Å²) >= 11 is 1.39. The Morgan fingerprint density at radius 3 is 2.74 bits per heavy atom. The van der Waals surface area contributed by atoms with Gasteiger partial charge in [-0.1, -0.05) is 17.7 Å². The van der Waals surface area contributed by atoms with Crippen molar-refractivity contribution in [1.29, 1.82) is 0 Å². The number of rotatable bonds is 5. The van der Waals surface area contributed by atoms with Crippen LogP contribution in [-0.2, 0) is 9.59 Å². The Kier molecular flexibility index (Phi) is 6.47. The molecule has 2 N–H and O–H groups in total. The third kappa shape index (κ3) is 5.25. The second-order valence-electron chi connectivity index (χ2n) is 5.95. The van der Waals surface area contributed by atoms with E-state index in [0.717, 1.165) is 30.9 Å². The maximum Gasteiger partial charge on any atom is 0.235 e. The van der Waals surface area contributed by atoms with Crippen LogP contribution >= 0.6 is 11.8 Å². The van der Waals surface area contributed by atoms with E-state index in [4.69, 9.17) is 0 Å². The molecule has 5 nitrogen and oxygen atoms in total. The van der Waals surface area contributed by atoms with Gasteiger partial charge in [-0.2, -0.15) is 0 Å². The summed E-state index contributed by atoms with van der Waals surface area (Å²) in [6, 6.07) is 7.89. The van der Waals surface area contributed by atoms with E-state index in [9.17, 15) is 9.59 Å². The van der Waals surface area contributed by atoms with E-state index in [-0.39, 0.29) is 28.9 Å². The summed E-state index contributed by atoms with van der Waals surface area (Å²) in [4.78, 5) is 26.4. The summed E-state index contributed by atoms with van der Waals surface area (Å²) in [5, 5.41) is 5.92. The van der Waals surface area contributed by atoms with Crippen molar-refractivity contribution in [1.82, 2.24) is 10.2 Å². The zero-order valence-electron chi connectivity index (χ0n) is 14.0. The number of nitrogens with zero attached hydrogens (tertiary/aromatic N) is 1. The third-order valence-electron chi connectivity index (χ3n) is 3.93. The van der Waals surface area contributed by atoms with Crippen LogP contribution in [0.15, 0.2) is 24.3 Å². The first-order valence-corrected chi connectivity index (χ1v) is 9.01. The van der Waals surface area contributed by atoms with Gasteiger partial charge >= 0.3 is 0 Å². The summed E-state index contributed by atoms with van der Waals surface area (Å²) in [6.07, 6.45) is 0. The van der Waals surface area contributed by atoms with Gasteiger partial charge in [-0.15, -0.1) is 11.8 Å². The van der Waals surface area contributed by atoms with Crippen LogP contribution in [0.25, 0.3) is 0 Å². The fourth-order valence-corrected chi connectivity index (χ4v) is 3.26. The summed E-state index contributed by atoms with van der Waals surface area (Å²) in [5.41, 5.74) is 1.94. The van der Waals surface area contributed by atoms with Gasteiger partial charge in [0, 0.05) is 31.4 Å². The lowest BCUT2D eigenvalue weighted by molar-refractivity contribution is -0.133. The number of benzene rings is 1. The standard InChI is InChI=1S/C17H25N3O2S/c1-12-4-6-15(7-5-12)19-16(21)11-23-14(3)17(22)20-9-8-18-10-13(20)2/h4-7,13-14,18H,8-11H2,1-3H3,(H,19,21)/t13-,14?/m0/s1. The molecule has 1 aromatic rings. The Morgan fingerprint density at radius 1 is 1.39 bits per heavy atom. The highest BCUT2D eigenvalue weighted by molar-refractivity contribution is 8.01. The topological polar surface area (TPSA) is 61.4 Å². The molecule has 6 heteroatoms. The average Bonchev–Trinajstić information content (AvgIpc) is 2.54. The molecule has 2 rings (SSSR count). The normalized spacial score (nSPS) is 19.3. The molecule has 1 aromatic carbocycles. The highest BCUT2D eigenvalue weighted by atomic mass is 32.2. The molecule has 1 aliphatic heterocycles. The Balaban J connectivity index is 1.78. The number of anilines is 1. The van der Waals surface area contributed by atoms with Gasteiger partial charge in [0.25, 0.3) is 0 Å². The SMILES string of the molecule is Cc1ccc(NC(=O)CSC(C)C(=O)N2CCNC[C@@H]2C)cc1. The summed E-state index contributed by atoms with van der Waals surface area (Å²) < 4.78 is 0. The molecular weight excluding hydrogens is 310 g/mol. The quantitative estimate of drug-likeness (QED) is 0.862. The van der Waals surface area contributed by atoms with Gasteiger partial charge in [0.1, 0.15) is 0 Å². The molecule has 1 heterocycles. The molecule has 2 atom stereocenters. The van der Waals surface area contributed by atoms with Gasteiger partial charge in [0.05, 0.1) is 11.0 Å². The first-order chi connectivity index (χ1) is 11.0. The maximum absolute atomic E-state index is 12.5. The van der Waals surface area contributed by atoms with Crippen molar-refractivity contribution >= 4 is 29.3 Å². The van der Waals surface area contributed by atoms with Crippen molar-refractivity contribution < 1.29 is 9.59 Å². The molecule has 1 fully saturated rings. The minimum atomic E-state index is -0.209. The molecule has 126 valence electrons. The van der Waals surface area contributed by atoms with Crippen LogP contribution in [0.2, 0.25) is 0 Å². The number of nitrogens with one attached hydrogen (secondary N) is 2. The van der Waals surface area contributed by atoms with Crippen molar-refractivity contribution in [2.45, 2.75) is 32.1 Å². The fraction of sp³-hybridized carbons (Fsp3) is 0.529. The highest BCUT2D eigenvalue weighted by Gasteiger charge is 2.27. The van der Waals surface area contributed by atoms with Gasteiger partial charge < -0.3 is 15.5 Å². The average molecular weight is 335 g/mol. The highest BCUT2D eigenvalue weighted by Crippen LogP contribution is 2.17. The molecule has 0 radical (unpaired) electrons. The van der Waals surface area contributed by atoms with Crippen LogP contribution in [0, 0.1) is 6.92 Å². The van der Waals surface area contributed by atoms with E-state index in [1.54, 1.807) is 0 Å². The molecule has 1 saturated heterocycles. The first kappa shape index (κ1) is 17.8. The van der Waals surface area contributed by atoms with Gasteiger partial charge in [-0.25, -0.2) is 0 Å². The zero-order valence-corrected chi connectivity index (χ0v) is 14.8. The van der Waals surface area contributed by atoms with Crippen LogP contribution in [-0.4, -0.2) is 53.4 Å². The van der Waals surface area contributed by atoms with Gasteiger partial charge in [-0.05, 0) is 32.9 Å². The van der Waals surface area contributed by atoms with Crippen LogP contribution in [0.5, 0.6) is 0 Å². The van der Waals surface area contributed by atoms with Crippen LogP contribution in [0.4, 0.5) is 5.69 Å². The maximum atomic E-state index is 12.5. The fourth-order valence-electron chi connectivity index (χ4n) is 2.51. The van der Waals surface area contributed by atoms with Crippen LogP contribution in [0.3, 0.4) is 0 Å². The van der Waals surface area contributed by atoms with Crippen LogP contribution < -0.4 is 10.6 Å². The zero-order chi connectivity index (χ0) is 16.8. The van der Waals surface area contributed by atoms with E-state index in [1.165, 1.54) is 11.8 Å². The van der Waals surface area contributed by atoms with Crippen molar-refractivity contribution in [3.63, 3.8) is 0 Å². The van der Waals surface area contributed by atoms with Crippen molar-refractivity contribution in [3.8, 4) is 0 Å². The molecule has 23 heavy (non-hydrogen) atoms. The Morgan fingerprint density at radius 2 is 2.09 bits per heavy atom. The molecule has 0 saturated carbocycles. The summed E-state index contributed by atoms with van der Waals surface area (Å²) in [6.45, 7) is 8.33. The number of carbonyl (C=O) groups excluding carboxylic acids is 2. The lowest BCUT2D eigenvalue weighted by atomic mass is 10.2. The Hall–Kier alpha value is -1.53. The van der Waals surface area contributed by atoms with Gasteiger partial charge in [-0.3, -0.25) is 9.59 Å². The number of piperazine rings is 1. The predicted octanol–water partition coefficient (Wildman–Crippen LogP) is 1.88. The predicted molar refractivity (Wildman–Crippen MR) is 95.8 cm³/mol. The monoisotopic (exact) mass is 335 g/mol. The second kappa shape index (κ2) is 8.36.